The predicted molar refractivity (Wildman–Crippen MR) is 86.6 cm³/mol. The Hall–Kier alpha value is -2.67. The number of ether oxygens (including phenoxy) is 2. The Morgan fingerprint density at radius 2 is 2.04 bits per heavy atom. The van der Waals surface area contributed by atoms with Crippen LogP contribution in [0.25, 0.3) is 0 Å². The van der Waals surface area contributed by atoms with Crippen molar-refractivity contribution in [1.29, 1.82) is 0 Å². The highest BCUT2D eigenvalue weighted by Gasteiger charge is 2.24. The Kier molecular flexibility index (Phi) is 4.35. The Morgan fingerprint density at radius 3 is 2.71 bits per heavy atom. The molecule has 1 aliphatic rings. The number of halogens is 2. The van der Waals surface area contributed by atoms with E-state index in [9.17, 15) is 13.6 Å². The van der Waals surface area contributed by atoms with Crippen LogP contribution in [0.2, 0.25) is 6.82 Å². The number of rotatable bonds is 4. The molecule has 0 saturated carbocycles. The molecule has 7 heteroatoms. The summed E-state index contributed by atoms with van der Waals surface area (Å²) < 4.78 is 43.5. The summed E-state index contributed by atoms with van der Waals surface area (Å²) in [6.45, 7) is 5.54. The number of benzene rings is 2. The van der Waals surface area contributed by atoms with Crippen molar-refractivity contribution < 1.29 is 29.1 Å². The van der Waals surface area contributed by atoms with Crippen LogP contribution in [0, 0.1) is 11.6 Å². The first-order chi connectivity index (χ1) is 11.5. The molecule has 1 aliphatic heterocycles. The fourth-order valence-electron chi connectivity index (χ4n) is 2.51. The SMILES string of the molecule is C=COC(=O)c1cc(F)c(Oc2ccc3c(c2)COB3C)c(F)c1.[HH]. The van der Waals surface area contributed by atoms with Gasteiger partial charge in [0.25, 0.3) is 0 Å². The zero-order valence-electron chi connectivity index (χ0n) is 12.8. The summed E-state index contributed by atoms with van der Waals surface area (Å²) in [6.07, 6.45) is 0.885. The minimum Gasteiger partial charge on any atom is -0.451 e. The fourth-order valence-corrected chi connectivity index (χ4v) is 2.51. The van der Waals surface area contributed by atoms with Crippen LogP contribution in [-0.4, -0.2) is 12.9 Å². The van der Waals surface area contributed by atoms with Gasteiger partial charge in [0.15, 0.2) is 17.4 Å². The molecule has 0 spiro atoms. The van der Waals surface area contributed by atoms with Gasteiger partial charge in [0, 0.05) is 1.43 Å². The molecule has 124 valence electrons. The van der Waals surface area contributed by atoms with Crippen molar-refractivity contribution >= 4 is 18.3 Å². The summed E-state index contributed by atoms with van der Waals surface area (Å²) in [5.74, 6) is -3.21. The molecule has 0 amide bonds. The average molecular weight is 332 g/mol. The predicted octanol–water partition coefficient (Wildman–Crippen LogP) is 3.66. The van der Waals surface area contributed by atoms with Gasteiger partial charge in [-0.1, -0.05) is 19.5 Å². The van der Waals surface area contributed by atoms with E-state index < -0.39 is 23.4 Å². The first-order valence-corrected chi connectivity index (χ1v) is 7.23. The molecule has 1 heterocycles. The lowest BCUT2D eigenvalue weighted by Crippen LogP contribution is -2.23. The highest BCUT2D eigenvalue weighted by atomic mass is 19.1. The highest BCUT2D eigenvalue weighted by molar-refractivity contribution is 6.67. The monoisotopic (exact) mass is 332 g/mol. The Balaban J connectivity index is 0.00000225. The van der Waals surface area contributed by atoms with Crippen molar-refractivity contribution in [1.82, 2.24) is 0 Å². The smallest absolute Gasteiger partial charge is 0.343 e. The number of carbonyl (C=O) groups excluding carboxylic acids is 1. The molecule has 0 unspecified atom stereocenters. The molecular formula is C17H15BF2O4. The molecule has 0 aliphatic carbocycles. The number of carbonyl (C=O) groups is 1. The molecule has 2 aromatic rings. The Morgan fingerprint density at radius 1 is 1.33 bits per heavy atom. The van der Waals surface area contributed by atoms with Crippen LogP contribution in [0.15, 0.2) is 43.2 Å². The molecule has 2 aromatic carbocycles. The second-order valence-electron chi connectivity index (χ2n) is 5.26. The van der Waals surface area contributed by atoms with Gasteiger partial charge >= 0.3 is 12.9 Å². The van der Waals surface area contributed by atoms with E-state index in [0.29, 0.717) is 6.61 Å². The molecule has 0 fully saturated rings. The fraction of sp³-hybridized carbons (Fsp3) is 0.118. The maximum absolute atomic E-state index is 14.1. The number of hydrogen-bond acceptors (Lipinski definition) is 4. The van der Waals surface area contributed by atoms with E-state index in [1.807, 2.05) is 6.82 Å². The van der Waals surface area contributed by atoms with Crippen molar-refractivity contribution in [2.24, 2.45) is 0 Å². The molecule has 4 nitrogen and oxygen atoms in total. The van der Waals surface area contributed by atoms with Crippen LogP contribution < -0.4 is 10.2 Å². The third-order valence-corrected chi connectivity index (χ3v) is 3.69. The van der Waals surface area contributed by atoms with E-state index in [2.05, 4.69) is 11.3 Å². The molecule has 0 aromatic heterocycles. The van der Waals surface area contributed by atoms with Gasteiger partial charge in [-0.15, -0.1) is 0 Å². The molecular weight excluding hydrogens is 317 g/mol. The van der Waals surface area contributed by atoms with Gasteiger partial charge in [0.05, 0.1) is 18.4 Å². The number of esters is 1. The Labute approximate surface area is 139 Å². The van der Waals surface area contributed by atoms with Crippen molar-refractivity contribution in [2.75, 3.05) is 0 Å². The van der Waals surface area contributed by atoms with E-state index in [0.717, 1.165) is 29.4 Å². The first-order valence-electron chi connectivity index (χ1n) is 7.23. The van der Waals surface area contributed by atoms with Crippen LogP contribution in [-0.2, 0) is 16.0 Å². The molecule has 0 saturated heterocycles. The van der Waals surface area contributed by atoms with Crippen LogP contribution in [0.4, 0.5) is 8.78 Å². The van der Waals surface area contributed by atoms with Gasteiger partial charge in [-0.3, -0.25) is 0 Å². The van der Waals surface area contributed by atoms with E-state index in [1.54, 1.807) is 18.2 Å². The normalized spacial score (nSPS) is 12.7. The molecule has 0 bridgehead atoms. The standard InChI is InChI=1S/C17H13BF2O4.H2/c1-3-22-17(21)10-7-14(19)16(15(20)8-10)24-12-4-5-13-11(6-12)9-23-18(13)2;/h3-8H,1,9H2,2H3;1H. The van der Waals surface area contributed by atoms with Crippen molar-refractivity contribution in [3.8, 4) is 11.5 Å². The van der Waals surface area contributed by atoms with Gasteiger partial charge in [0.1, 0.15) is 5.75 Å². The third kappa shape index (κ3) is 3.03. The largest absolute Gasteiger partial charge is 0.451 e. The number of fused-ring (bicyclic) bond motifs is 1. The lowest BCUT2D eigenvalue weighted by Gasteiger charge is -2.10. The summed E-state index contributed by atoms with van der Waals surface area (Å²) >= 11 is 0. The third-order valence-electron chi connectivity index (χ3n) is 3.69. The van der Waals surface area contributed by atoms with Crippen molar-refractivity contribution in [3.05, 3.63) is 65.9 Å². The average Bonchev–Trinajstić information content (AvgIpc) is 2.91. The summed E-state index contributed by atoms with van der Waals surface area (Å²) in [7, 11) is 0. The zero-order valence-corrected chi connectivity index (χ0v) is 12.8. The molecule has 0 radical (unpaired) electrons. The summed E-state index contributed by atoms with van der Waals surface area (Å²) in [5, 5.41) is 0. The second kappa shape index (κ2) is 6.45. The molecule has 24 heavy (non-hydrogen) atoms. The highest BCUT2D eigenvalue weighted by Crippen LogP contribution is 2.30. The topological polar surface area (TPSA) is 44.8 Å². The van der Waals surface area contributed by atoms with Crippen LogP contribution in [0.5, 0.6) is 11.5 Å². The van der Waals surface area contributed by atoms with Crippen LogP contribution >= 0.6 is 0 Å². The summed E-state index contributed by atoms with van der Waals surface area (Å²) in [6, 6.07) is 6.79. The second-order valence-corrected chi connectivity index (χ2v) is 5.26. The van der Waals surface area contributed by atoms with Gasteiger partial charge in [-0.25, -0.2) is 13.6 Å². The minimum atomic E-state index is -1.00. The summed E-state index contributed by atoms with van der Waals surface area (Å²) in [4.78, 5) is 11.5. The quantitative estimate of drug-likeness (QED) is 0.487. The van der Waals surface area contributed by atoms with Gasteiger partial charge in [-0.05, 0) is 35.3 Å². The van der Waals surface area contributed by atoms with Gasteiger partial charge < -0.3 is 14.1 Å². The van der Waals surface area contributed by atoms with Crippen LogP contribution in [0.3, 0.4) is 0 Å². The van der Waals surface area contributed by atoms with Crippen molar-refractivity contribution in [2.45, 2.75) is 13.4 Å². The van der Waals surface area contributed by atoms with E-state index >= 15 is 0 Å². The van der Waals surface area contributed by atoms with E-state index in [4.69, 9.17) is 9.39 Å². The lowest BCUT2D eigenvalue weighted by molar-refractivity contribution is 0.0663. The Bertz CT molecular complexity index is 805. The summed E-state index contributed by atoms with van der Waals surface area (Å²) in [5.41, 5.74) is 1.66. The maximum Gasteiger partial charge on any atom is 0.343 e. The van der Waals surface area contributed by atoms with E-state index in [1.165, 1.54) is 0 Å². The van der Waals surface area contributed by atoms with Crippen LogP contribution in [0.1, 0.15) is 17.3 Å². The maximum atomic E-state index is 14.1. The zero-order chi connectivity index (χ0) is 17.3. The number of hydrogen-bond donors (Lipinski definition) is 0. The van der Waals surface area contributed by atoms with E-state index in [-0.39, 0.29) is 19.7 Å². The minimum absolute atomic E-state index is 0. The van der Waals surface area contributed by atoms with Crippen molar-refractivity contribution in [3.63, 3.8) is 0 Å². The molecule has 0 atom stereocenters. The van der Waals surface area contributed by atoms with Gasteiger partial charge in [0.2, 0.25) is 0 Å². The van der Waals surface area contributed by atoms with Gasteiger partial charge in [-0.2, -0.15) is 0 Å². The lowest BCUT2D eigenvalue weighted by atomic mass is 9.64. The molecule has 0 N–H and O–H groups in total. The molecule has 3 rings (SSSR count). The first kappa shape index (κ1) is 16.2.